The van der Waals surface area contributed by atoms with Crippen LogP contribution in [0.15, 0.2) is 12.1 Å². The van der Waals surface area contributed by atoms with Crippen LogP contribution in [0.25, 0.3) is 11.0 Å². The van der Waals surface area contributed by atoms with Crippen molar-refractivity contribution in [2.75, 3.05) is 0 Å². The highest BCUT2D eigenvalue weighted by Crippen LogP contribution is 2.22. The van der Waals surface area contributed by atoms with Crippen LogP contribution in [0.1, 0.15) is 5.56 Å². The molecule has 1 N–H and O–H groups in total. The van der Waals surface area contributed by atoms with E-state index in [0.717, 1.165) is 5.52 Å². The molecule has 13 heavy (non-hydrogen) atoms. The quantitative estimate of drug-likeness (QED) is 0.729. The molecule has 0 aliphatic rings. The standard InChI is InChI=1S/C8H3Cl2N3/c9-5-2-7-6(1-4(5)3-11)12-8(10)13-7/h1-2H,(H,12,13). The number of nitrogens with zero attached hydrogens (tertiary/aromatic N) is 2. The van der Waals surface area contributed by atoms with Crippen molar-refractivity contribution in [1.29, 1.82) is 5.26 Å². The first-order valence-corrected chi connectivity index (χ1v) is 4.21. The molecule has 2 rings (SSSR count). The van der Waals surface area contributed by atoms with Crippen LogP contribution in [0, 0.1) is 11.3 Å². The second kappa shape index (κ2) is 2.91. The predicted octanol–water partition coefficient (Wildman–Crippen LogP) is 2.74. The summed E-state index contributed by atoms with van der Waals surface area (Å²) in [4.78, 5) is 6.77. The lowest BCUT2D eigenvalue weighted by Gasteiger charge is -1.92. The lowest BCUT2D eigenvalue weighted by molar-refractivity contribution is 1.34. The fourth-order valence-corrected chi connectivity index (χ4v) is 1.48. The number of fused-ring (bicyclic) bond motifs is 1. The van der Waals surface area contributed by atoms with Gasteiger partial charge in [0.25, 0.3) is 0 Å². The highest BCUT2D eigenvalue weighted by molar-refractivity contribution is 6.32. The van der Waals surface area contributed by atoms with Crippen molar-refractivity contribution in [2.45, 2.75) is 0 Å². The predicted molar refractivity (Wildman–Crippen MR) is 50.8 cm³/mol. The zero-order chi connectivity index (χ0) is 9.42. The van der Waals surface area contributed by atoms with Crippen molar-refractivity contribution in [3.05, 3.63) is 28.0 Å². The number of rotatable bonds is 0. The smallest absolute Gasteiger partial charge is 0.201 e. The summed E-state index contributed by atoms with van der Waals surface area (Å²) in [7, 11) is 0. The van der Waals surface area contributed by atoms with Crippen LogP contribution in [0.2, 0.25) is 10.3 Å². The van der Waals surface area contributed by atoms with Crippen molar-refractivity contribution in [3.63, 3.8) is 0 Å². The molecule has 0 spiro atoms. The molecular weight excluding hydrogens is 209 g/mol. The van der Waals surface area contributed by atoms with Gasteiger partial charge in [0.05, 0.1) is 21.6 Å². The average molecular weight is 212 g/mol. The van der Waals surface area contributed by atoms with E-state index >= 15 is 0 Å². The summed E-state index contributed by atoms with van der Waals surface area (Å²) in [6, 6.07) is 5.20. The average Bonchev–Trinajstić information content (AvgIpc) is 2.42. The summed E-state index contributed by atoms with van der Waals surface area (Å²) < 4.78 is 0. The zero-order valence-corrected chi connectivity index (χ0v) is 7.82. The molecular formula is C8H3Cl2N3. The van der Waals surface area contributed by atoms with E-state index in [1.54, 1.807) is 12.1 Å². The molecule has 0 atom stereocenters. The third-order valence-electron chi connectivity index (χ3n) is 1.66. The molecule has 0 aliphatic carbocycles. The molecule has 0 aliphatic heterocycles. The second-order valence-electron chi connectivity index (χ2n) is 2.49. The Morgan fingerprint density at radius 2 is 2.15 bits per heavy atom. The van der Waals surface area contributed by atoms with Crippen LogP contribution in [0.3, 0.4) is 0 Å². The van der Waals surface area contributed by atoms with Crippen molar-refractivity contribution < 1.29 is 0 Å². The largest absolute Gasteiger partial charge is 0.329 e. The van der Waals surface area contributed by atoms with Gasteiger partial charge in [0.2, 0.25) is 5.28 Å². The van der Waals surface area contributed by atoms with Crippen LogP contribution in [0.5, 0.6) is 0 Å². The molecule has 0 bridgehead atoms. The van der Waals surface area contributed by atoms with E-state index in [2.05, 4.69) is 9.97 Å². The van der Waals surface area contributed by atoms with Gasteiger partial charge in [0.1, 0.15) is 6.07 Å². The number of hydrogen-bond acceptors (Lipinski definition) is 2. The number of aromatic amines is 1. The van der Waals surface area contributed by atoms with Crippen molar-refractivity contribution >= 4 is 34.2 Å². The normalized spacial score (nSPS) is 10.2. The number of halogens is 2. The minimum Gasteiger partial charge on any atom is -0.329 e. The number of nitrogens with one attached hydrogen (secondary N) is 1. The molecule has 0 unspecified atom stereocenters. The Hall–Kier alpha value is -1.24. The first-order chi connectivity index (χ1) is 6.20. The van der Waals surface area contributed by atoms with E-state index in [9.17, 15) is 0 Å². The van der Waals surface area contributed by atoms with Crippen LogP contribution >= 0.6 is 23.2 Å². The number of nitriles is 1. The topological polar surface area (TPSA) is 52.5 Å². The van der Waals surface area contributed by atoms with Gasteiger partial charge < -0.3 is 4.98 Å². The van der Waals surface area contributed by atoms with E-state index in [1.807, 2.05) is 6.07 Å². The molecule has 1 heterocycles. The summed E-state index contributed by atoms with van der Waals surface area (Å²) in [5.41, 5.74) is 1.78. The molecule has 64 valence electrons. The monoisotopic (exact) mass is 211 g/mol. The summed E-state index contributed by atoms with van der Waals surface area (Å²) in [5, 5.41) is 9.37. The van der Waals surface area contributed by atoms with Crippen LogP contribution in [0.4, 0.5) is 0 Å². The molecule has 0 saturated carbocycles. The lowest BCUT2D eigenvalue weighted by atomic mass is 10.2. The van der Waals surface area contributed by atoms with Crippen molar-refractivity contribution in [3.8, 4) is 6.07 Å². The third kappa shape index (κ3) is 1.35. The molecule has 0 fully saturated rings. The second-order valence-corrected chi connectivity index (χ2v) is 3.25. The number of imidazole rings is 1. The fraction of sp³-hybridized carbons (Fsp3) is 0. The molecule has 0 radical (unpaired) electrons. The zero-order valence-electron chi connectivity index (χ0n) is 6.31. The van der Waals surface area contributed by atoms with Gasteiger partial charge in [-0.2, -0.15) is 5.26 Å². The fourth-order valence-electron chi connectivity index (χ4n) is 1.08. The van der Waals surface area contributed by atoms with E-state index in [-0.39, 0.29) is 0 Å². The Kier molecular flexibility index (Phi) is 1.87. The van der Waals surface area contributed by atoms with Gasteiger partial charge in [-0.05, 0) is 23.7 Å². The molecule has 1 aromatic heterocycles. The number of benzene rings is 1. The van der Waals surface area contributed by atoms with Crippen LogP contribution in [-0.2, 0) is 0 Å². The van der Waals surface area contributed by atoms with Crippen LogP contribution < -0.4 is 0 Å². The van der Waals surface area contributed by atoms with Crippen molar-refractivity contribution in [2.24, 2.45) is 0 Å². The molecule has 0 amide bonds. The minimum atomic E-state index is 0.293. The minimum absolute atomic E-state index is 0.293. The maximum Gasteiger partial charge on any atom is 0.201 e. The maximum absolute atomic E-state index is 8.68. The molecule has 1 aromatic carbocycles. The van der Waals surface area contributed by atoms with E-state index in [1.165, 1.54) is 0 Å². The van der Waals surface area contributed by atoms with Gasteiger partial charge in [0, 0.05) is 0 Å². The Bertz CT molecular complexity index is 510. The molecule has 5 heteroatoms. The number of hydrogen-bond donors (Lipinski definition) is 1. The van der Waals surface area contributed by atoms with Gasteiger partial charge in [-0.3, -0.25) is 0 Å². The number of H-pyrrole nitrogens is 1. The highest BCUT2D eigenvalue weighted by Gasteiger charge is 2.05. The van der Waals surface area contributed by atoms with Gasteiger partial charge in [0.15, 0.2) is 0 Å². The summed E-state index contributed by atoms with van der Waals surface area (Å²) in [6.45, 7) is 0. The maximum atomic E-state index is 8.68. The molecule has 0 saturated heterocycles. The highest BCUT2D eigenvalue weighted by atomic mass is 35.5. The molecule has 2 aromatic rings. The Morgan fingerprint density at radius 3 is 2.85 bits per heavy atom. The Labute approximate surface area is 83.9 Å². The number of aromatic nitrogens is 2. The SMILES string of the molecule is N#Cc1cc2nc(Cl)[nH]c2cc1Cl. The van der Waals surface area contributed by atoms with Gasteiger partial charge >= 0.3 is 0 Å². The van der Waals surface area contributed by atoms with E-state index in [4.69, 9.17) is 28.5 Å². The first kappa shape index (κ1) is 8.36. The summed E-state index contributed by atoms with van der Waals surface area (Å²) >= 11 is 11.4. The Morgan fingerprint density at radius 1 is 1.38 bits per heavy atom. The molecule has 3 nitrogen and oxygen atoms in total. The van der Waals surface area contributed by atoms with Crippen LogP contribution in [-0.4, -0.2) is 9.97 Å². The Balaban J connectivity index is 2.82. The summed E-state index contributed by atoms with van der Waals surface area (Å²) in [6.07, 6.45) is 0. The van der Waals surface area contributed by atoms with Crippen molar-refractivity contribution in [1.82, 2.24) is 9.97 Å². The third-order valence-corrected chi connectivity index (χ3v) is 2.15. The first-order valence-electron chi connectivity index (χ1n) is 3.45. The summed E-state index contributed by atoms with van der Waals surface area (Å²) in [5.74, 6) is 0. The van der Waals surface area contributed by atoms with Gasteiger partial charge in [-0.25, -0.2) is 4.98 Å². The van der Waals surface area contributed by atoms with E-state index in [0.29, 0.717) is 21.4 Å². The van der Waals surface area contributed by atoms with Gasteiger partial charge in [-0.15, -0.1) is 0 Å². The van der Waals surface area contributed by atoms with Gasteiger partial charge in [-0.1, -0.05) is 11.6 Å². The lowest BCUT2D eigenvalue weighted by Crippen LogP contribution is -1.77. The van der Waals surface area contributed by atoms with E-state index < -0.39 is 0 Å².